The van der Waals surface area contributed by atoms with Gasteiger partial charge in [-0.05, 0) is 17.7 Å². The molecule has 1 saturated heterocycles. The molecule has 1 aliphatic heterocycles. The zero-order valence-corrected chi connectivity index (χ0v) is 21.7. The fourth-order valence-corrected chi connectivity index (χ4v) is 4.94. The molecule has 3 heterocycles. The molecule has 0 spiro atoms. The number of hydrogen-bond acceptors (Lipinski definition) is 7. The lowest BCUT2D eigenvalue weighted by Crippen LogP contribution is -2.49. The molecule has 0 aliphatic carbocycles. The topological polar surface area (TPSA) is 94.6 Å². The normalized spacial score (nSPS) is 15.5. The van der Waals surface area contributed by atoms with Gasteiger partial charge in [0.15, 0.2) is 11.2 Å². The van der Waals surface area contributed by atoms with Crippen molar-refractivity contribution in [3.8, 4) is 0 Å². The van der Waals surface area contributed by atoms with E-state index >= 15 is 0 Å². The number of aryl methyl sites for hydroxylation is 1. The minimum Gasteiger partial charge on any atom is -0.456 e. The predicted molar refractivity (Wildman–Crippen MR) is 144 cm³/mol. The standard InChI is InChI=1S/C28H32N6O4/c1-30-25-24(26(35)31(2)28(30)37)34(20-29-25)19-23(38-27(36)22-11-7-4-8-12-22)18-33-15-13-32(14-16-33)17-21-9-5-3-6-10-21/h3-12,20,23H,13-19H2,1-2H3. The second-order valence-corrected chi connectivity index (χ2v) is 9.73. The van der Waals surface area contributed by atoms with Crippen molar-refractivity contribution < 1.29 is 9.53 Å². The van der Waals surface area contributed by atoms with E-state index in [4.69, 9.17) is 4.74 Å². The average molecular weight is 517 g/mol. The highest BCUT2D eigenvalue weighted by molar-refractivity contribution is 5.89. The molecule has 0 amide bonds. The smallest absolute Gasteiger partial charge is 0.338 e. The Kier molecular flexibility index (Phi) is 7.52. The fourth-order valence-electron chi connectivity index (χ4n) is 4.94. The molecule has 1 fully saturated rings. The number of rotatable bonds is 8. The van der Waals surface area contributed by atoms with Gasteiger partial charge in [-0.25, -0.2) is 14.6 Å². The zero-order chi connectivity index (χ0) is 26.6. The molecule has 1 aliphatic rings. The first kappa shape index (κ1) is 25.6. The van der Waals surface area contributed by atoms with Crippen molar-refractivity contribution in [2.45, 2.75) is 19.2 Å². The Hall–Kier alpha value is -4.02. The summed E-state index contributed by atoms with van der Waals surface area (Å²) in [5, 5.41) is 0. The van der Waals surface area contributed by atoms with E-state index < -0.39 is 23.3 Å². The Morgan fingerprint density at radius 1 is 0.868 bits per heavy atom. The summed E-state index contributed by atoms with van der Waals surface area (Å²) in [6.07, 6.45) is 1.01. The predicted octanol–water partition coefficient (Wildman–Crippen LogP) is 1.48. The highest BCUT2D eigenvalue weighted by Crippen LogP contribution is 2.14. The summed E-state index contributed by atoms with van der Waals surface area (Å²) < 4.78 is 10.1. The maximum absolute atomic E-state index is 13.0. The summed E-state index contributed by atoms with van der Waals surface area (Å²) in [4.78, 5) is 47.3. The van der Waals surface area contributed by atoms with E-state index in [1.165, 1.54) is 23.5 Å². The molecule has 0 N–H and O–H groups in total. The second kappa shape index (κ2) is 11.2. The maximum atomic E-state index is 13.0. The number of piperazine rings is 1. The minimum atomic E-state index is -0.525. The van der Waals surface area contributed by atoms with Crippen LogP contribution in [0.4, 0.5) is 0 Å². The summed E-state index contributed by atoms with van der Waals surface area (Å²) in [5.41, 5.74) is 1.51. The number of ether oxygens (including phenoxy) is 1. The lowest BCUT2D eigenvalue weighted by atomic mass is 10.2. The molecule has 0 radical (unpaired) electrons. The molecule has 38 heavy (non-hydrogen) atoms. The average Bonchev–Trinajstić information content (AvgIpc) is 3.36. The van der Waals surface area contributed by atoms with E-state index in [0.29, 0.717) is 23.3 Å². The minimum absolute atomic E-state index is 0.243. The molecular weight excluding hydrogens is 484 g/mol. The van der Waals surface area contributed by atoms with Crippen molar-refractivity contribution in [2.75, 3.05) is 32.7 Å². The number of aromatic nitrogens is 4. The summed E-state index contributed by atoms with van der Waals surface area (Å²) in [7, 11) is 3.03. The first-order valence-corrected chi connectivity index (χ1v) is 12.8. The SMILES string of the molecule is Cn1c(=O)c2c(ncn2CC(CN2CCN(Cc3ccccc3)CC2)OC(=O)c2ccccc2)n(C)c1=O. The number of benzene rings is 2. The number of carbonyl (C=O) groups is 1. The highest BCUT2D eigenvalue weighted by atomic mass is 16.5. The van der Waals surface area contributed by atoms with Crippen molar-refractivity contribution in [3.05, 3.63) is 99.0 Å². The molecule has 1 unspecified atom stereocenters. The molecule has 4 aromatic rings. The number of hydrogen-bond donors (Lipinski definition) is 0. The Morgan fingerprint density at radius 3 is 2.18 bits per heavy atom. The zero-order valence-electron chi connectivity index (χ0n) is 21.7. The van der Waals surface area contributed by atoms with Gasteiger partial charge >= 0.3 is 11.7 Å². The van der Waals surface area contributed by atoms with Crippen LogP contribution in [0, 0.1) is 0 Å². The van der Waals surface area contributed by atoms with Crippen molar-refractivity contribution in [1.82, 2.24) is 28.5 Å². The van der Waals surface area contributed by atoms with Crippen molar-refractivity contribution in [1.29, 1.82) is 0 Å². The summed E-state index contributed by atoms with van der Waals surface area (Å²) >= 11 is 0. The van der Waals surface area contributed by atoms with Gasteiger partial charge in [-0.15, -0.1) is 0 Å². The van der Waals surface area contributed by atoms with E-state index in [9.17, 15) is 14.4 Å². The van der Waals surface area contributed by atoms with E-state index in [2.05, 4.69) is 39.0 Å². The van der Waals surface area contributed by atoms with Crippen LogP contribution >= 0.6 is 0 Å². The molecule has 1 atom stereocenters. The monoisotopic (exact) mass is 516 g/mol. The van der Waals surface area contributed by atoms with Crippen LogP contribution in [-0.2, 0) is 31.9 Å². The number of fused-ring (bicyclic) bond motifs is 1. The van der Waals surface area contributed by atoms with E-state index in [0.717, 1.165) is 37.3 Å². The lowest BCUT2D eigenvalue weighted by molar-refractivity contribution is 0.00920. The van der Waals surface area contributed by atoms with E-state index in [-0.39, 0.29) is 6.54 Å². The second-order valence-electron chi connectivity index (χ2n) is 9.73. The van der Waals surface area contributed by atoms with Crippen LogP contribution in [0.1, 0.15) is 15.9 Å². The van der Waals surface area contributed by atoms with Gasteiger partial charge in [-0.3, -0.25) is 23.7 Å². The van der Waals surface area contributed by atoms with Crippen LogP contribution in [-0.4, -0.2) is 73.3 Å². The maximum Gasteiger partial charge on any atom is 0.338 e. The van der Waals surface area contributed by atoms with E-state index in [1.54, 1.807) is 35.9 Å². The third-order valence-corrected chi connectivity index (χ3v) is 7.08. The van der Waals surface area contributed by atoms with Crippen LogP contribution in [0.5, 0.6) is 0 Å². The molecule has 10 nitrogen and oxygen atoms in total. The molecule has 2 aromatic heterocycles. The van der Waals surface area contributed by atoms with Gasteiger partial charge in [0.2, 0.25) is 0 Å². The van der Waals surface area contributed by atoms with Gasteiger partial charge in [0.25, 0.3) is 5.56 Å². The Bertz CT molecular complexity index is 1520. The summed E-state index contributed by atoms with van der Waals surface area (Å²) in [6, 6.07) is 19.3. The van der Waals surface area contributed by atoms with Crippen LogP contribution in [0.2, 0.25) is 0 Å². The summed E-state index contributed by atoms with van der Waals surface area (Å²) in [6.45, 7) is 5.16. The Morgan fingerprint density at radius 2 is 1.50 bits per heavy atom. The van der Waals surface area contributed by atoms with Gasteiger partial charge in [0, 0.05) is 53.4 Å². The van der Waals surface area contributed by atoms with Gasteiger partial charge in [0.05, 0.1) is 18.4 Å². The third-order valence-electron chi connectivity index (χ3n) is 7.08. The number of carbonyl (C=O) groups excluding carboxylic acids is 1. The molecule has 10 heteroatoms. The number of imidazole rings is 1. The quantitative estimate of drug-likeness (QED) is 0.328. The largest absolute Gasteiger partial charge is 0.456 e. The lowest BCUT2D eigenvalue weighted by Gasteiger charge is -2.36. The molecular formula is C28H32N6O4. The number of nitrogens with zero attached hydrogens (tertiary/aromatic N) is 6. The van der Waals surface area contributed by atoms with Crippen LogP contribution in [0.15, 0.2) is 76.6 Å². The first-order valence-electron chi connectivity index (χ1n) is 12.8. The number of esters is 1. The van der Waals surface area contributed by atoms with Gasteiger partial charge in [0.1, 0.15) is 6.10 Å². The fraction of sp³-hybridized carbons (Fsp3) is 0.357. The third kappa shape index (κ3) is 5.46. The molecule has 0 saturated carbocycles. The van der Waals surface area contributed by atoms with Crippen LogP contribution in [0.3, 0.4) is 0 Å². The van der Waals surface area contributed by atoms with Crippen LogP contribution in [0.25, 0.3) is 11.2 Å². The molecule has 2 aromatic carbocycles. The van der Waals surface area contributed by atoms with Gasteiger partial charge < -0.3 is 9.30 Å². The highest BCUT2D eigenvalue weighted by Gasteiger charge is 2.25. The Labute approximate surface area is 220 Å². The van der Waals surface area contributed by atoms with Crippen molar-refractivity contribution in [2.24, 2.45) is 14.1 Å². The van der Waals surface area contributed by atoms with Gasteiger partial charge in [-0.2, -0.15) is 0 Å². The Balaban J connectivity index is 1.34. The van der Waals surface area contributed by atoms with Gasteiger partial charge in [-0.1, -0.05) is 48.5 Å². The molecule has 0 bridgehead atoms. The molecule has 5 rings (SSSR count). The van der Waals surface area contributed by atoms with Crippen LogP contribution < -0.4 is 11.2 Å². The van der Waals surface area contributed by atoms with E-state index in [1.807, 2.05) is 12.1 Å². The first-order chi connectivity index (χ1) is 18.4. The van der Waals surface area contributed by atoms with Crippen molar-refractivity contribution in [3.63, 3.8) is 0 Å². The molecule has 198 valence electrons. The van der Waals surface area contributed by atoms with Crippen molar-refractivity contribution >= 4 is 17.1 Å². The summed E-state index contributed by atoms with van der Waals surface area (Å²) in [5.74, 6) is -0.414.